The van der Waals surface area contributed by atoms with Crippen LogP contribution in [0.15, 0.2) is 48.8 Å². The molecule has 2 aliphatic heterocycles. The summed E-state index contributed by atoms with van der Waals surface area (Å²) in [6, 6.07) is 9.97. The summed E-state index contributed by atoms with van der Waals surface area (Å²) in [5.74, 6) is 0.818. The number of ether oxygens (including phenoxy) is 3. The Balaban J connectivity index is 1.58. The van der Waals surface area contributed by atoms with Crippen molar-refractivity contribution in [3.63, 3.8) is 0 Å². The van der Waals surface area contributed by atoms with Gasteiger partial charge in [0.25, 0.3) is 0 Å². The van der Waals surface area contributed by atoms with E-state index in [1.54, 1.807) is 24.1 Å². The maximum absolute atomic E-state index is 13.6. The number of rotatable bonds is 5. The number of piperidine rings is 1. The van der Waals surface area contributed by atoms with Crippen molar-refractivity contribution in [1.82, 2.24) is 14.7 Å². The zero-order chi connectivity index (χ0) is 26.1. The van der Waals surface area contributed by atoms with Gasteiger partial charge in [0.05, 0.1) is 31.1 Å². The fraction of sp³-hybridized carbons (Fsp3) is 0.429. The van der Waals surface area contributed by atoms with Crippen molar-refractivity contribution in [2.75, 3.05) is 39.3 Å². The van der Waals surface area contributed by atoms with E-state index in [1.807, 2.05) is 36.1 Å². The number of fused-ring (bicyclic) bond motifs is 1. The molecule has 9 heteroatoms. The number of halogens is 1. The SMILES string of the molecule is COC(=O)N1c2ccc(-c3cnn([C@H]4CCN(C)C[C@@H]4OC)c3)c(Oc3ccc(F)cc3)c2CC[C@@H]1C. The molecule has 2 aliphatic rings. The standard InChI is InChI=1S/C28H33FN4O4/c1-18-5-10-23-24(33(18)28(34)36-4)12-11-22(27(23)37-21-8-6-20(29)7-9-21)19-15-30-32(16-19)25-13-14-31(2)17-26(25)35-3/h6-9,11-12,15-16,18,25-26H,5,10,13-14,17H2,1-4H3/t18-,25-,26-/m0/s1. The van der Waals surface area contributed by atoms with Gasteiger partial charge in [0.15, 0.2) is 0 Å². The molecule has 0 unspecified atom stereocenters. The van der Waals surface area contributed by atoms with Crippen LogP contribution in [0, 0.1) is 5.82 Å². The van der Waals surface area contributed by atoms with Crippen LogP contribution in [0.4, 0.5) is 14.9 Å². The minimum Gasteiger partial charge on any atom is -0.456 e. The third kappa shape index (κ3) is 4.93. The first-order chi connectivity index (χ1) is 17.9. The molecule has 37 heavy (non-hydrogen) atoms. The first kappa shape index (κ1) is 25.2. The topological polar surface area (TPSA) is 69.1 Å². The van der Waals surface area contributed by atoms with Crippen molar-refractivity contribution >= 4 is 11.8 Å². The molecule has 0 saturated carbocycles. The third-order valence-corrected chi connectivity index (χ3v) is 7.44. The van der Waals surface area contributed by atoms with Gasteiger partial charge in [0.2, 0.25) is 0 Å². The summed E-state index contributed by atoms with van der Waals surface area (Å²) >= 11 is 0. The minimum absolute atomic E-state index is 0.0115. The second-order valence-electron chi connectivity index (χ2n) is 9.83. The number of nitrogens with zero attached hydrogens (tertiary/aromatic N) is 4. The summed E-state index contributed by atoms with van der Waals surface area (Å²) in [4.78, 5) is 16.6. The summed E-state index contributed by atoms with van der Waals surface area (Å²) in [5.41, 5.74) is 3.42. The van der Waals surface area contributed by atoms with E-state index >= 15 is 0 Å². The lowest BCUT2D eigenvalue weighted by atomic mass is 9.92. The van der Waals surface area contributed by atoms with Gasteiger partial charge < -0.3 is 19.1 Å². The van der Waals surface area contributed by atoms with E-state index in [1.165, 1.54) is 19.2 Å². The Morgan fingerprint density at radius 1 is 1.11 bits per heavy atom. The average molecular weight is 509 g/mol. The monoisotopic (exact) mass is 508 g/mol. The van der Waals surface area contributed by atoms with E-state index in [0.29, 0.717) is 11.5 Å². The van der Waals surface area contributed by atoms with Crippen LogP contribution in [0.1, 0.15) is 31.4 Å². The van der Waals surface area contributed by atoms with Crippen LogP contribution in [0.25, 0.3) is 11.1 Å². The predicted octanol–water partition coefficient (Wildman–Crippen LogP) is 5.28. The van der Waals surface area contributed by atoms with Gasteiger partial charge in [0, 0.05) is 49.1 Å². The van der Waals surface area contributed by atoms with E-state index in [4.69, 9.17) is 19.3 Å². The summed E-state index contributed by atoms with van der Waals surface area (Å²) in [6.07, 6.45) is 5.93. The van der Waals surface area contributed by atoms with Crippen LogP contribution in [0.2, 0.25) is 0 Å². The van der Waals surface area contributed by atoms with E-state index in [2.05, 4.69) is 11.9 Å². The molecule has 3 heterocycles. The quantitative estimate of drug-likeness (QED) is 0.467. The maximum Gasteiger partial charge on any atom is 0.414 e. The number of likely N-dealkylation sites (tertiary alicyclic amines) is 1. The first-order valence-corrected chi connectivity index (χ1v) is 12.6. The molecule has 3 aromatic rings. The third-order valence-electron chi connectivity index (χ3n) is 7.44. The molecular weight excluding hydrogens is 475 g/mol. The normalized spacial score (nSPS) is 22.0. The molecule has 5 rings (SSSR count). The van der Waals surface area contributed by atoms with Crippen molar-refractivity contribution in [1.29, 1.82) is 0 Å². The average Bonchev–Trinajstić information content (AvgIpc) is 3.39. The highest BCUT2D eigenvalue weighted by Crippen LogP contribution is 2.45. The summed E-state index contributed by atoms with van der Waals surface area (Å²) in [5, 5.41) is 4.71. The Hall–Kier alpha value is -3.43. The van der Waals surface area contributed by atoms with Gasteiger partial charge in [-0.2, -0.15) is 5.10 Å². The van der Waals surface area contributed by atoms with Crippen LogP contribution in [0.5, 0.6) is 11.5 Å². The molecule has 3 atom stereocenters. The zero-order valence-corrected chi connectivity index (χ0v) is 21.7. The Bertz CT molecular complexity index is 1260. The molecule has 0 spiro atoms. The van der Waals surface area contributed by atoms with Gasteiger partial charge >= 0.3 is 6.09 Å². The van der Waals surface area contributed by atoms with Gasteiger partial charge in [-0.25, -0.2) is 9.18 Å². The van der Waals surface area contributed by atoms with Crippen molar-refractivity contribution in [3.05, 3.63) is 60.2 Å². The first-order valence-electron chi connectivity index (χ1n) is 12.6. The van der Waals surface area contributed by atoms with Crippen LogP contribution < -0.4 is 9.64 Å². The smallest absolute Gasteiger partial charge is 0.414 e. The Kier molecular flexibility index (Phi) is 7.17. The van der Waals surface area contributed by atoms with Gasteiger partial charge in [0.1, 0.15) is 17.3 Å². The molecule has 1 amide bonds. The molecule has 1 saturated heterocycles. The number of hydrogen-bond donors (Lipinski definition) is 0. The summed E-state index contributed by atoms with van der Waals surface area (Å²) in [7, 11) is 5.23. The van der Waals surface area contributed by atoms with Crippen LogP contribution in [0.3, 0.4) is 0 Å². The van der Waals surface area contributed by atoms with Crippen LogP contribution >= 0.6 is 0 Å². The molecule has 0 aliphatic carbocycles. The Labute approximate surface area is 216 Å². The highest BCUT2D eigenvalue weighted by atomic mass is 19.1. The maximum atomic E-state index is 13.6. The van der Waals surface area contributed by atoms with Crippen molar-refractivity contribution in [3.8, 4) is 22.6 Å². The molecule has 8 nitrogen and oxygen atoms in total. The molecule has 196 valence electrons. The van der Waals surface area contributed by atoms with E-state index < -0.39 is 6.09 Å². The second kappa shape index (κ2) is 10.5. The lowest BCUT2D eigenvalue weighted by molar-refractivity contribution is -0.00195. The minimum atomic E-state index is -0.408. The molecule has 0 radical (unpaired) electrons. The van der Waals surface area contributed by atoms with Gasteiger partial charge in [-0.3, -0.25) is 9.58 Å². The number of benzene rings is 2. The van der Waals surface area contributed by atoms with Gasteiger partial charge in [-0.05, 0) is 69.6 Å². The fourth-order valence-electron chi connectivity index (χ4n) is 5.40. The van der Waals surface area contributed by atoms with E-state index in [0.717, 1.165) is 54.7 Å². The van der Waals surface area contributed by atoms with E-state index in [9.17, 15) is 9.18 Å². The Morgan fingerprint density at radius 2 is 1.89 bits per heavy atom. The number of carbonyl (C=O) groups excluding carboxylic acids is 1. The number of anilines is 1. The largest absolute Gasteiger partial charge is 0.456 e. The number of likely N-dealkylation sites (N-methyl/N-ethyl adjacent to an activating group) is 1. The molecule has 0 N–H and O–H groups in total. The number of hydrogen-bond acceptors (Lipinski definition) is 6. The fourth-order valence-corrected chi connectivity index (χ4v) is 5.40. The second-order valence-corrected chi connectivity index (χ2v) is 9.83. The lowest BCUT2D eigenvalue weighted by Crippen LogP contribution is -2.43. The number of aromatic nitrogens is 2. The molecule has 0 bridgehead atoms. The van der Waals surface area contributed by atoms with Crippen molar-refractivity contribution in [2.45, 2.75) is 44.4 Å². The zero-order valence-electron chi connectivity index (χ0n) is 21.7. The highest BCUT2D eigenvalue weighted by Gasteiger charge is 2.33. The number of carbonyl (C=O) groups is 1. The van der Waals surface area contributed by atoms with Crippen LogP contribution in [-0.4, -0.2) is 67.3 Å². The number of amides is 1. The van der Waals surface area contributed by atoms with Gasteiger partial charge in [-0.1, -0.05) is 0 Å². The summed E-state index contributed by atoms with van der Waals surface area (Å²) in [6.45, 7) is 3.82. The van der Waals surface area contributed by atoms with Crippen molar-refractivity contribution < 1.29 is 23.4 Å². The van der Waals surface area contributed by atoms with Gasteiger partial charge in [-0.15, -0.1) is 0 Å². The molecule has 1 aromatic heterocycles. The van der Waals surface area contributed by atoms with Crippen molar-refractivity contribution in [2.24, 2.45) is 0 Å². The predicted molar refractivity (Wildman–Crippen MR) is 139 cm³/mol. The van der Waals surface area contributed by atoms with Crippen LogP contribution in [-0.2, 0) is 15.9 Å². The lowest BCUT2D eigenvalue weighted by Gasteiger charge is -2.36. The number of methoxy groups -OCH3 is 2. The molecule has 1 fully saturated rings. The molecule has 2 aromatic carbocycles. The summed E-state index contributed by atoms with van der Waals surface area (Å²) < 4.78 is 32.8. The Morgan fingerprint density at radius 3 is 2.62 bits per heavy atom. The molecular formula is C28H33FN4O4. The van der Waals surface area contributed by atoms with E-state index in [-0.39, 0.29) is 24.0 Å². The highest BCUT2D eigenvalue weighted by molar-refractivity contribution is 5.92.